The number of phenols is 1. The van der Waals surface area contributed by atoms with Gasteiger partial charge in [-0.05, 0) is 42.6 Å². The summed E-state index contributed by atoms with van der Waals surface area (Å²) < 4.78 is 95.1. The molecule has 15 heteroatoms. The highest BCUT2D eigenvalue weighted by molar-refractivity contribution is 7.87. The van der Waals surface area contributed by atoms with Crippen LogP contribution in [-0.4, -0.2) is 46.6 Å². The van der Waals surface area contributed by atoms with Crippen LogP contribution in [0.1, 0.15) is 18.1 Å². The fraction of sp³-hybridized carbons (Fsp3) is 0.0909. The van der Waals surface area contributed by atoms with Crippen LogP contribution >= 0.6 is 0 Å². The summed E-state index contributed by atoms with van der Waals surface area (Å²) >= 11 is 0. The van der Waals surface area contributed by atoms with Crippen molar-refractivity contribution < 1.29 is 43.6 Å². The Kier molecular flexibility index (Phi) is 7.69. The highest BCUT2D eigenvalue weighted by Crippen LogP contribution is 2.42. The summed E-state index contributed by atoms with van der Waals surface area (Å²) in [6.07, 6.45) is 4.20. The van der Waals surface area contributed by atoms with E-state index in [2.05, 4.69) is 21.0 Å². The number of hydrogen-bond acceptors (Lipinski definition) is 10. The highest BCUT2D eigenvalue weighted by atomic mass is 32.2. The molecule has 0 aliphatic heterocycles. The fourth-order valence-electron chi connectivity index (χ4n) is 3.45. The van der Waals surface area contributed by atoms with E-state index in [0.717, 1.165) is 31.4 Å². The van der Waals surface area contributed by atoms with Gasteiger partial charge in [-0.3, -0.25) is 13.3 Å². The van der Waals surface area contributed by atoms with Gasteiger partial charge in [-0.1, -0.05) is 30.9 Å². The minimum Gasteiger partial charge on any atom is -0.504 e. The third kappa shape index (κ3) is 5.61. The second-order valence-electron chi connectivity index (χ2n) is 7.34. The summed E-state index contributed by atoms with van der Waals surface area (Å²) in [5.41, 5.74) is -0.201. The van der Waals surface area contributed by atoms with E-state index in [1.165, 1.54) is 24.3 Å². The average molecular weight is 569 g/mol. The minimum atomic E-state index is -4.98. The van der Waals surface area contributed by atoms with Crippen molar-refractivity contribution in [3.8, 4) is 5.75 Å². The third-order valence-electron chi connectivity index (χ3n) is 5.11. The molecule has 3 rings (SSSR count). The van der Waals surface area contributed by atoms with Crippen LogP contribution in [0.25, 0.3) is 22.9 Å². The first-order valence-electron chi connectivity index (χ1n) is 10.0. The van der Waals surface area contributed by atoms with Gasteiger partial charge in [0.05, 0.1) is 17.7 Å². The molecule has 0 fully saturated rings. The van der Waals surface area contributed by atoms with Gasteiger partial charge < -0.3 is 5.11 Å². The molecule has 3 aromatic carbocycles. The van der Waals surface area contributed by atoms with Gasteiger partial charge in [-0.15, -0.1) is 10.2 Å². The molecule has 0 atom stereocenters. The number of hydrogen-bond donors (Lipinski definition) is 3. The number of allylic oxidation sites excluding steroid dienone is 1. The molecule has 0 amide bonds. The normalized spacial score (nSPS) is 13.1. The summed E-state index contributed by atoms with van der Waals surface area (Å²) in [5.74, 6) is -0.966. The third-order valence-corrected chi connectivity index (χ3v) is 8.15. The molecule has 0 saturated carbocycles. The predicted octanol–water partition coefficient (Wildman–Crippen LogP) is 4.47. The largest absolute Gasteiger partial charge is 0.504 e. The molecule has 196 valence electrons. The molecule has 0 unspecified atom stereocenters. The van der Waals surface area contributed by atoms with E-state index in [-0.39, 0.29) is 32.5 Å². The Hall–Kier alpha value is -3.47. The van der Waals surface area contributed by atoms with Crippen LogP contribution in [0, 0.1) is 0 Å². The van der Waals surface area contributed by atoms with Crippen molar-refractivity contribution in [1.82, 2.24) is 0 Å². The standard InChI is InChI=1S/C22H20N2O10S3/c1-4-6-17-15(5-2)19(35(26,27)28)10-9-18(17)23-24-21-16-8-7-14(37(32,33)34-3)11-13(16)12-20(22(21)25)36(29,30)31/h4-12,25H,2H2,1,3H3,(H,26,27,28)(H,29,30,31)/b6-4-,24-23+. The zero-order valence-corrected chi connectivity index (χ0v) is 21.7. The zero-order chi connectivity index (χ0) is 27.8. The summed E-state index contributed by atoms with van der Waals surface area (Å²) in [6, 6.07) is 6.55. The van der Waals surface area contributed by atoms with Crippen molar-refractivity contribution in [2.45, 2.75) is 21.6 Å². The van der Waals surface area contributed by atoms with Crippen molar-refractivity contribution in [1.29, 1.82) is 0 Å². The first-order chi connectivity index (χ1) is 17.2. The maximum absolute atomic E-state index is 12.1. The Morgan fingerprint density at radius 2 is 1.54 bits per heavy atom. The van der Waals surface area contributed by atoms with Gasteiger partial charge in [0.25, 0.3) is 30.4 Å². The van der Waals surface area contributed by atoms with Crippen LogP contribution in [0.4, 0.5) is 11.4 Å². The molecular formula is C22H20N2O10S3. The Bertz CT molecular complexity index is 1810. The van der Waals surface area contributed by atoms with Crippen molar-refractivity contribution in [3.05, 3.63) is 60.2 Å². The first kappa shape index (κ1) is 28.1. The number of rotatable bonds is 8. The summed E-state index contributed by atoms with van der Waals surface area (Å²) in [4.78, 5) is -1.73. The quantitative estimate of drug-likeness (QED) is 0.198. The summed E-state index contributed by atoms with van der Waals surface area (Å²) in [7, 11) is -12.8. The fourth-order valence-corrected chi connectivity index (χ4v) is 5.48. The molecule has 0 aromatic heterocycles. The lowest BCUT2D eigenvalue weighted by Gasteiger charge is -2.11. The van der Waals surface area contributed by atoms with Crippen molar-refractivity contribution in [3.63, 3.8) is 0 Å². The van der Waals surface area contributed by atoms with Crippen LogP contribution in [0.5, 0.6) is 5.75 Å². The van der Waals surface area contributed by atoms with Crippen LogP contribution in [0.3, 0.4) is 0 Å². The number of benzene rings is 3. The smallest absolute Gasteiger partial charge is 0.298 e. The molecule has 0 heterocycles. The number of aromatic hydroxyl groups is 1. The summed E-state index contributed by atoms with van der Waals surface area (Å²) in [5, 5.41) is 18.6. The van der Waals surface area contributed by atoms with Gasteiger partial charge in [0.1, 0.15) is 15.5 Å². The van der Waals surface area contributed by atoms with E-state index < -0.39 is 51.6 Å². The Balaban J connectivity index is 2.37. The van der Waals surface area contributed by atoms with Crippen LogP contribution in [0.15, 0.2) is 74.0 Å². The molecule has 0 aliphatic carbocycles. The van der Waals surface area contributed by atoms with Crippen LogP contribution < -0.4 is 0 Å². The molecule has 0 bridgehead atoms. The maximum Gasteiger partial charge on any atom is 0.298 e. The topological polar surface area (TPSA) is 197 Å². The first-order valence-corrected chi connectivity index (χ1v) is 14.3. The number of nitrogens with zero attached hydrogens (tertiary/aromatic N) is 2. The Morgan fingerprint density at radius 1 is 0.892 bits per heavy atom. The van der Waals surface area contributed by atoms with Crippen molar-refractivity contribution in [2.75, 3.05) is 7.11 Å². The molecule has 0 spiro atoms. The van der Waals surface area contributed by atoms with E-state index in [4.69, 9.17) is 0 Å². The minimum absolute atomic E-state index is 0.00670. The molecule has 0 radical (unpaired) electrons. The lowest BCUT2D eigenvalue weighted by Crippen LogP contribution is -2.03. The van der Waals surface area contributed by atoms with Crippen LogP contribution in [-0.2, 0) is 34.5 Å². The molecule has 3 aromatic rings. The monoisotopic (exact) mass is 568 g/mol. The van der Waals surface area contributed by atoms with Crippen LogP contribution in [0.2, 0.25) is 0 Å². The Morgan fingerprint density at radius 3 is 2.08 bits per heavy atom. The van der Waals surface area contributed by atoms with E-state index in [1.807, 2.05) is 0 Å². The lowest BCUT2D eigenvalue weighted by molar-refractivity contribution is 0.398. The molecular weight excluding hydrogens is 548 g/mol. The second kappa shape index (κ2) is 10.1. The molecule has 12 nitrogen and oxygen atoms in total. The Labute approximate surface area is 212 Å². The predicted molar refractivity (Wildman–Crippen MR) is 135 cm³/mol. The second-order valence-corrected chi connectivity index (χ2v) is 11.8. The van der Waals surface area contributed by atoms with Crippen molar-refractivity contribution >= 4 is 64.7 Å². The van der Waals surface area contributed by atoms with Gasteiger partial charge >= 0.3 is 0 Å². The average Bonchev–Trinajstić information content (AvgIpc) is 2.81. The van der Waals surface area contributed by atoms with Gasteiger partial charge in [0, 0.05) is 16.5 Å². The SMILES string of the molecule is C=Cc1c(S(=O)(=O)O)ccc(/N=N/c2c(O)c(S(=O)(=O)O)cc3cc(S(=O)(=O)OC)ccc23)c1/C=C\C. The van der Waals surface area contributed by atoms with Crippen molar-refractivity contribution in [2.24, 2.45) is 10.2 Å². The van der Waals surface area contributed by atoms with Gasteiger partial charge in [0.2, 0.25) is 0 Å². The maximum atomic E-state index is 12.1. The molecule has 37 heavy (non-hydrogen) atoms. The lowest BCUT2D eigenvalue weighted by atomic mass is 10.0. The number of fused-ring (bicyclic) bond motifs is 1. The van der Waals surface area contributed by atoms with Gasteiger partial charge in [-0.25, -0.2) is 0 Å². The van der Waals surface area contributed by atoms with Gasteiger partial charge in [0.15, 0.2) is 5.75 Å². The molecule has 0 saturated heterocycles. The molecule has 0 aliphatic rings. The number of phenolic OH excluding ortho intramolecular Hbond substituents is 1. The number of azo groups is 1. The molecule has 3 N–H and O–H groups in total. The van der Waals surface area contributed by atoms with E-state index >= 15 is 0 Å². The van der Waals surface area contributed by atoms with E-state index in [9.17, 15) is 39.5 Å². The summed E-state index contributed by atoms with van der Waals surface area (Å²) in [6.45, 7) is 5.19. The highest BCUT2D eigenvalue weighted by Gasteiger charge is 2.24. The zero-order valence-electron chi connectivity index (χ0n) is 19.2. The van der Waals surface area contributed by atoms with Gasteiger partial charge in [-0.2, -0.15) is 25.3 Å². The van der Waals surface area contributed by atoms with E-state index in [0.29, 0.717) is 0 Å². The van der Waals surface area contributed by atoms with E-state index in [1.54, 1.807) is 13.0 Å².